The molecule has 0 spiro atoms. The van der Waals surface area contributed by atoms with Gasteiger partial charge in [0.2, 0.25) is 10.0 Å². The smallest absolute Gasteiger partial charge is 0.244 e. The summed E-state index contributed by atoms with van der Waals surface area (Å²) in [4.78, 5) is 0.0739. The molecule has 2 unspecified atom stereocenters. The first kappa shape index (κ1) is 13.6. The largest absolute Gasteiger partial charge is 0.495 e. The van der Waals surface area contributed by atoms with Gasteiger partial charge in [0, 0.05) is 16.2 Å². The van der Waals surface area contributed by atoms with Crippen molar-refractivity contribution in [1.82, 2.24) is 4.72 Å². The molecule has 0 heterocycles. The highest BCUT2D eigenvalue weighted by atomic mass is 79.9. The molecule has 0 aliphatic heterocycles. The van der Waals surface area contributed by atoms with Crippen molar-refractivity contribution in [1.29, 1.82) is 0 Å². The summed E-state index contributed by atoms with van der Waals surface area (Å²) in [7, 11) is -2.16. The van der Waals surface area contributed by atoms with E-state index in [1.807, 2.05) is 6.92 Å². The topological polar surface area (TPSA) is 81.4 Å². The van der Waals surface area contributed by atoms with Gasteiger partial charge in [-0.3, -0.25) is 0 Å². The molecule has 0 radical (unpaired) electrons. The van der Waals surface area contributed by atoms with Crippen molar-refractivity contribution in [2.24, 2.45) is 5.92 Å². The van der Waals surface area contributed by atoms with Crippen molar-refractivity contribution >= 4 is 31.6 Å². The number of nitrogen functional groups attached to an aromatic ring is 1. The maximum atomic E-state index is 12.2. The van der Waals surface area contributed by atoms with Gasteiger partial charge in [-0.15, -0.1) is 0 Å². The molecular formula is C11H15BrN2O3S. The molecule has 18 heavy (non-hydrogen) atoms. The van der Waals surface area contributed by atoms with Crippen LogP contribution >= 0.6 is 15.9 Å². The van der Waals surface area contributed by atoms with Crippen LogP contribution in [-0.2, 0) is 10.0 Å². The molecule has 0 bridgehead atoms. The standard InChI is InChI=1S/C11H15BrN2O3S/c1-6-3-9(6)14-18(15,16)11-5-8(13)7(12)4-10(11)17-2/h4-6,9,14H,3,13H2,1-2H3. The van der Waals surface area contributed by atoms with E-state index in [4.69, 9.17) is 10.5 Å². The van der Waals surface area contributed by atoms with Crippen LogP contribution in [0, 0.1) is 5.92 Å². The lowest BCUT2D eigenvalue weighted by atomic mass is 10.3. The number of nitrogens with one attached hydrogen (secondary N) is 1. The Balaban J connectivity index is 2.39. The van der Waals surface area contributed by atoms with Gasteiger partial charge in [-0.05, 0) is 40.4 Å². The van der Waals surface area contributed by atoms with Gasteiger partial charge in [0.05, 0.1) is 7.11 Å². The zero-order valence-electron chi connectivity index (χ0n) is 10.1. The fourth-order valence-electron chi connectivity index (χ4n) is 1.67. The number of sulfonamides is 1. The second-order valence-electron chi connectivity index (χ2n) is 4.47. The molecule has 1 aliphatic carbocycles. The molecule has 0 saturated heterocycles. The highest BCUT2D eigenvalue weighted by molar-refractivity contribution is 9.10. The van der Waals surface area contributed by atoms with Crippen molar-refractivity contribution < 1.29 is 13.2 Å². The average molecular weight is 335 g/mol. The number of nitrogens with two attached hydrogens (primary N) is 1. The molecule has 1 fully saturated rings. The molecule has 2 atom stereocenters. The van der Waals surface area contributed by atoms with Crippen LogP contribution in [0.25, 0.3) is 0 Å². The summed E-state index contributed by atoms with van der Waals surface area (Å²) < 4.78 is 32.8. The average Bonchev–Trinajstić information content (AvgIpc) is 2.96. The second kappa shape index (κ2) is 4.71. The van der Waals surface area contributed by atoms with Crippen LogP contribution in [0.15, 0.2) is 21.5 Å². The predicted molar refractivity (Wildman–Crippen MR) is 73.0 cm³/mol. The zero-order chi connectivity index (χ0) is 13.5. The molecule has 100 valence electrons. The molecule has 3 N–H and O–H groups in total. The van der Waals surface area contributed by atoms with Crippen LogP contribution < -0.4 is 15.2 Å². The van der Waals surface area contributed by atoms with Crippen molar-refractivity contribution in [2.75, 3.05) is 12.8 Å². The maximum Gasteiger partial charge on any atom is 0.244 e. The van der Waals surface area contributed by atoms with Crippen LogP contribution in [-0.4, -0.2) is 21.6 Å². The van der Waals surface area contributed by atoms with E-state index in [-0.39, 0.29) is 16.7 Å². The summed E-state index contributed by atoms with van der Waals surface area (Å²) in [5, 5.41) is 0. The number of rotatable bonds is 4. The van der Waals surface area contributed by atoms with E-state index in [2.05, 4.69) is 20.7 Å². The lowest BCUT2D eigenvalue weighted by molar-refractivity contribution is 0.402. The number of ether oxygens (including phenoxy) is 1. The van der Waals surface area contributed by atoms with E-state index in [1.165, 1.54) is 13.2 Å². The second-order valence-corrected chi connectivity index (χ2v) is 7.00. The quantitative estimate of drug-likeness (QED) is 0.821. The Morgan fingerprint density at radius 2 is 2.11 bits per heavy atom. The van der Waals surface area contributed by atoms with Gasteiger partial charge in [0.15, 0.2) is 0 Å². The Bertz CT molecular complexity index is 574. The van der Waals surface area contributed by atoms with Crippen LogP contribution in [0.4, 0.5) is 5.69 Å². The Labute approximate surface area is 115 Å². The first-order valence-corrected chi connectivity index (χ1v) is 7.78. The van der Waals surface area contributed by atoms with Crippen molar-refractivity contribution in [2.45, 2.75) is 24.3 Å². The molecule has 0 amide bonds. The van der Waals surface area contributed by atoms with Gasteiger partial charge in [-0.1, -0.05) is 6.92 Å². The molecule has 1 aromatic carbocycles. The molecule has 1 aliphatic rings. The zero-order valence-corrected chi connectivity index (χ0v) is 12.5. The lowest BCUT2D eigenvalue weighted by Crippen LogP contribution is -2.27. The van der Waals surface area contributed by atoms with Crippen LogP contribution in [0.3, 0.4) is 0 Å². The van der Waals surface area contributed by atoms with Crippen molar-refractivity contribution in [3.8, 4) is 5.75 Å². The van der Waals surface area contributed by atoms with Gasteiger partial charge in [0.25, 0.3) is 0 Å². The summed E-state index contributed by atoms with van der Waals surface area (Å²) in [5.74, 6) is 0.662. The van der Waals surface area contributed by atoms with Crippen molar-refractivity contribution in [3.05, 3.63) is 16.6 Å². The highest BCUT2D eigenvalue weighted by Crippen LogP contribution is 2.35. The van der Waals surface area contributed by atoms with E-state index >= 15 is 0 Å². The Hall–Kier alpha value is -0.790. The monoisotopic (exact) mass is 334 g/mol. The molecule has 1 saturated carbocycles. The van der Waals surface area contributed by atoms with E-state index in [9.17, 15) is 8.42 Å². The maximum absolute atomic E-state index is 12.2. The normalized spacial score (nSPS) is 22.8. The van der Waals surface area contributed by atoms with Gasteiger partial charge >= 0.3 is 0 Å². The summed E-state index contributed by atoms with van der Waals surface area (Å²) in [6.45, 7) is 2.00. The Morgan fingerprint density at radius 1 is 1.50 bits per heavy atom. The van der Waals surface area contributed by atoms with E-state index < -0.39 is 10.0 Å². The van der Waals surface area contributed by atoms with Crippen LogP contribution in [0.5, 0.6) is 5.75 Å². The number of benzene rings is 1. The molecule has 0 aromatic heterocycles. The minimum absolute atomic E-state index is 0.0181. The van der Waals surface area contributed by atoms with Gasteiger partial charge in [0.1, 0.15) is 10.6 Å². The van der Waals surface area contributed by atoms with Gasteiger partial charge < -0.3 is 10.5 Å². The van der Waals surface area contributed by atoms with Crippen molar-refractivity contribution in [3.63, 3.8) is 0 Å². The third-order valence-electron chi connectivity index (χ3n) is 2.99. The predicted octanol–water partition coefficient (Wildman–Crippen LogP) is 1.73. The van der Waals surface area contributed by atoms with Gasteiger partial charge in [-0.2, -0.15) is 0 Å². The molecular weight excluding hydrogens is 320 g/mol. The number of anilines is 1. The number of hydrogen-bond acceptors (Lipinski definition) is 4. The first-order chi connectivity index (χ1) is 8.35. The fourth-order valence-corrected chi connectivity index (χ4v) is 3.54. The Kier molecular flexibility index (Phi) is 3.57. The number of methoxy groups -OCH3 is 1. The summed E-state index contributed by atoms with van der Waals surface area (Å²) in [5.41, 5.74) is 6.08. The van der Waals surface area contributed by atoms with E-state index in [0.29, 0.717) is 16.1 Å². The fraction of sp³-hybridized carbons (Fsp3) is 0.455. The van der Waals surface area contributed by atoms with Crippen LogP contribution in [0.2, 0.25) is 0 Å². The third-order valence-corrected chi connectivity index (χ3v) is 5.19. The third kappa shape index (κ3) is 2.62. The van der Waals surface area contributed by atoms with Gasteiger partial charge in [-0.25, -0.2) is 13.1 Å². The number of halogens is 1. The summed E-state index contributed by atoms with van der Waals surface area (Å²) in [6.07, 6.45) is 0.869. The highest BCUT2D eigenvalue weighted by Gasteiger charge is 2.37. The van der Waals surface area contributed by atoms with Crippen LogP contribution in [0.1, 0.15) is 13.3 Å². The minimum atomic E-state index is -3.59. The Morgan fingerprint density at radius 3 is 2.61 bits per heavy atom. The lowest BCUT2D eigenvalue weighted by Gasteiger charge is -2.12. The van der Waals surface area contributed by atoms with E-state index in [1.54, 1.807) is 6.07 Å². The number of hydrogen-bond donors (Lipinski definition) is 2. The summed E-state index contributed by atoms with van der Waals surface area (Å²) >= 11 is 3.24. The van der Waals surface area contributed by atoms with E-state index in [0.717, 1.165) is 6.42 Å². The molecule has 7 heteroatoms. The summed E-state index contributed by atoms with van der Waals surface area (Å²) in [6, 6.07) is 2.97. The first-order valence-electron chi connectivity index (χ1n) is 5.50. The molecule has 1 aromatic rings. The molecule has 5 nitrogen and oxygen atoms in total. The molecule has 2 rings (SSSR count). The SMILES string of the molecule is COc1cc(Br)c(N)cc1S(=O)(=O)NC1CC1C. The minimum Gasteiger partial charge on any atom is -0.495 e.